The Morgan fingerprint density at radius 1 is 1.24 bits per heavy atom. The molecule has 1 heterocycles. The van der Waals surface area contributed by atoms with Gasteiger partial charge in [-0.1, -0.05) is 50.5 Å². The van der Waals surface area contributed by atoms with Gasteiger partial charge in [0.2, 0.25) is 5.91 Å². The highest BCUT2D eigenvalue weighted by atomic mass is 16.2. The Morgan fingerprint density at radius 2 is 2.04 bits per heavy atom. The Kier molecular flexibility index (Phi) is 5.06. The fourth-order valence-corrected chi connectivity index (χ4v) is 3.71. The molecular weight excluding hydrogens is 318 g/mol. The highest BCUT2D eigenvalue weighted by Crippen LogP contribution is 2.41. The van der Waals surface area contributed by atoms with Gasteiger partial charge in [-0.2, -0.15) is 0 Å². The van der Waals surface area contributed by atoms with Crippen molar-refractivity contribution in [3.8, 4) is 0 Å². The van der Waals surface area contributed by atoms with Crippen LogP contribution in [0, 0.1) is 0 Å². The van der Waals surface area contributed by atoms with Crippen molar-refractivity contribution in [3.05, 3.63) is 35.4 Å². The van der Waals surface area contributed by atoms with E-state index in [1.165, 1.54) is 0 Å². The van der Waals surface area contributed by atoms with Gasteiger partial charge in [0.25, 0.3) is 5.91 Å². The molecule has 4 amide bonds. The molecule has 1 aromatic carbocycles. The molecule has 1 atom stereocenters. The molecule has 2 N–H and O–H groups in total. The molecule has 2 aliphatic rings. The molecule has 1 unspecified atom stereocenters. The van der Waals surface area contributed by atoms with Gasteiger partial charge in [0.05, 0.1) is 0 Å². The number of hydrogen-bond acceptors (Lipinski definition) is 3. The summed E-state index contributed by atoms with van der Waals surface area (Å²) in [6.45, 7) is 2.49. The number of nitrogens with zero attached hydrogens (tertiary/aromatic N) is 1. The van der Waals surface area contributed by atoms with Crippen LogP contribution in [0.3, 0.4) is 0 Å². The third-order valence-electron chi connectivity index (χ3n) is 5.08. The topological polar surface area (TPSA) is 78.5 Å². The van der Waals surface area contributed by atoms with E-state index in [1.54, 1.807) is 0 Å². The molecular formula is C19H25N3O3. The lowest BCUT2D eigenvalue weighted by atomic mass is 9.92. The van der Waals surface area contributed by atoms with Gasteiger partial charge >= 0.3 is 6.03 Å². The standard InChI is InChI=1S/C19H25N3O3/c1-2-3-4-7-12-20-16(23)13-22-17(24)19(21-18(22)25)11-10-14-8-5-6-9-15(14)19/h5-6,8-9H,2-4,7,10-13H2,1H3,(H,20,23)(H,21,25). The molecule has 0 radical (unpaired) electrons. The number of imide groups is 1. The third kappa shape index (κ3) is 3.25. The minimum atomic E-state index is -0.991. The molecule has 1 aliphatic heterocycles. The van der Waals surface area contributed by atoms with Gasteiger partial charge in [-0.05, 0) is 30.4 Å². The van der Waals surface area contributed by atoms with Crippen LogP contribution >= 0.6 is 0 Å². The molecule has 3 rings (SSSR count). The quantitative estimate of drug-likeness (QED) is 0.588. The van der Waals surface area contributed by atoms with Crippen LogP contribution in [-0.2, 0) is 21.5 Å². The molecule has 0 bridgehead atoms. The number of carbonyl (C=O) groups excluding carboxylic acids is 3. The third-order valence-corrected chi connectivity index (χ3v) is 5.08. The number of urea groups is 1. The predicted octanol–water partition coefficient (Wildman–Crippen LogP) is 2.08. The maximum Gasteiger partial charge on any atom is 0.325 e. The normalized spacial score (nSPS) is 21.6. The van der Waals surface area contributed by atoms with E-state index in [0.717, 1.165) is 48.1 Å². The Labute approximate surface area is 148 Å². The molecule has 1 spiro atoms. The van der Waals surface area contributed by atoms with Gasteiger partial charge in [-0.3, -0.25) is 14.5 Å². The number of unbranched alkanes of at least 4 members (excludes halogenated alkanes) is 3. The molecule has 1 aromatic rings. The molecule has 1 saturated heterocycles. The van der Waals surface area contributed by atoms with Gasteiger partial charge in [0.15, 0.2) is 0 Å². The number of carbonyl (C=O) groups is 3. The average molecular weight is 343 g/mol. The van der Waals surface area contributed by atoms with E-state index in [0.29, 0.717) is 13.0 Å². The highest BCUT2D eigenvalue weighted by molar-refractivity contribution is 6.09. The first kappa shape index (κ1) is 17.5. The van der Waals surface area contributed by atoms with Crippen molar-refractivity contribution >= 4 is 17.8 Å². The van der Waals surface area contributed by atoms with Crippen LogP contribution in [0.5, 0.6) is 0 Å². The SMILES string of the molecule is CCCCCCNC(=O)CN1C(=O)NC2(CCc3ccccc32)C1=O. The summed E-state index contributed by atoms with van der Waals surface area (Å²) in [5.74, 6) is -0.605. The summed E-state index contributed by atoms with van der Waals surface area (Å²) in [7, 11) is 0. The molecule has 25 heavy (non-hydrogen) atoms. The average Bonchev–Trinajstić information content (AvgIpc) is 3.09. The molecule has 1 fully saturated rings. The zero-order valence-corrected chi connectivity index (χ0v) is 14.6. The van der Waals surface area contributed by atoms with Gasteiger partial charge in [0, 0.05) is 6.54 Å². The van der Waals surface area contributed by atoms with Gasteiger partial charge in [-0.15, -0.1) is 0 Å². The molecule has 6 nitrogen and oxygen atoms in total. The molecule has 1 aliphatic carbocycles. The summed E-state index contributed by atoms with van der Waals surface area (Å²) in [6.07, 6.45) is 5.56. The number of aryl methyl sites for hydroxylation is 1. The van der Waals surface area contributed by atoms with Crippen molar-refractivity contribution < 1.29 is 14.4 Å². The first-order valence-electron chi connectivity index (χ1n) is 9.07. The lowest BCUT2D eigenvalue weighted by Crippen LogP contribution is -2.44. The van der Waals surface area contributed by atoms with Crippen molar-refractivity contribution in [1.82, 2.24) is 15.5 Å². The highest BCUT2D eigenvalue weighted by Gasteiger charge is 2.55. The second-order valence-electron chi connectivity index (χ2n) is 6.79. The van der Waals surface area contributed by atoms with E-state index in [4.69, 9.17) is 0 Å². The minimum Gasteiger partial charge on any atom is -0.355 e. The zero-order chi connectivity index (χ0) is 17.9. The Bertz CT molecular complexity index is 688. The monoisotopic (exact) mass is 343 g/mol. The summed E-state index contributed by atoms with van der Waals surface area (Å²) in [4.78, 5) is 38.4. The smallest absolute Gasteiger partial charge is 0.325 e. The molecule has 0 saturated carbocycles. The predicted molar refractivity (Wildman–Crippen MR) is 93.8 cm³/mol. The fraction of sp³-hybridized carbons (Fsp3) is 0.526. The fourth-order valence-electron chi connectivity index (χ4n) is 3.71. The number of rotatable bonds is 7. The first-order valence-corrected chi connectivity index (χ1v) is 9.07. The summed E-state index contributed by atoms with van der Waals surface area (Å²) in [5, 5.41) is 5.63. The van der Waals surface area contributed by atoms with Gasteiger partial charge in [0.1, 0.15) is 12.1 Å². The summed E-state index contributed by atoms with van der Waals surface area (Å²) >= 11 is 0. The van der Waals surface area contributed by atoms with Gasteiger partial charge in [-0.25, -0.2) is 4.79 Å². The van der Waals surface area contributed by atoms with E-state index >= 15 is 0 Å². The van der Waals surface area contributed by atoms with Crippen molar-refractivity contribution in [2.24, 2.45) is 0 Å². The van der Waals surface area contributed by atoms with E-state index in [-0.39, 0.29) is 18.4 Å². The van der Waals surface area contributed by atoms with E-state index < -0.39 is 11.6 Å². The molecule has 134 valence electrons. The van der Waals surface area contributed by atoms with E-state index in [1.807, 2.05) is 24.3 Å². The second kappa shape index (κ2) is 7.25. The van der Waals surface area contributed by atoms with Crippen LogP contribution in [0.15, 0.2) is 24.3 Å². The van der Waals surface area contributed by atoms with Crippen molar-refractivity contribution in [2.45, 2.75) is 51.0 Å². The van der Waals surface area contributed by atoms with E-state index in [2.05, 4.69) is 17.6 Å². The van der Waals surface area contributed by atoms with Crippen LogP contribution in [0.1, 0.15) is 50.2 Å². The van der Waals surface area contributed by atoms with Crippen molar-refractivity contribution in [2.75, 3.05) is 13.1 Å². The maximum absolute atomic E-state index is 12.9. The minimum absolute atomic E-state index is 0.220. The lowest BCUT2D eigenvalue weighted by molar-refractivity contribution is -0.135. The first-order chi connectivity index (χ1) is 12.1. The van der Waals surface area contributed by atoms with Crippen LogP contribution in [0.25, 0.3) is 0 Å². The Morgan fingerprint density at radius 3 is 2.84 bits per heavy atom. The Hall–Kier alpha value is -2.37. The molecule has 6 heteroatoms. The number of benzene rings is 1. The number of fused-ring (bicyclic) bond motifs is 2. The largest absolute Gasteiger partial charge is 0.355 e. The summed E-state index contributed by atoms with van der Waals surface area (Å²) in [5.41, 5.74) is 0.948. The van der Waals surface area contributed by atoms with Crippen LogP contribution < -0.4 is 10.6 Å². The number of amides is 4. The van der Waals surface area contributed by atoms with Gasteiger partial charge < -0.3 is 10.6 Å². The maximum atomic E-state index is 12.9. The lowest BCUT2D eigenvalue weighted by Gasteiger charge is -2.22. The Balaban J connectivity index is 1.62. The number of hydrogen-bond donors (Lipinski definition) is 2. The number of nitrogens with one attached hydrogen (secondary N) is 2. The van der Waals surface area contributed by atoms with Crippen LogP contribution in [-0.4, -0.2) is 35.8 Å². The van der Waals surface area contributed by atoms with Crippen molar-refractivity contribution in [1.29, 1.82) is 0 Å². The summed E-state index contributed by atoms with van der Waals surface area (Å²) < 4.78 is 0. The van der Waals surface area contributed by atoms with Crippen LogP contribution in [0.4, 0.5) is 4.79 Å². The van der Waals surface area contributed by atoms with Crippen molar-refractivity contribution in [3.63, 3.8) is 0 Å². The summed E-state index contributed by atoms with van der Waals surface area (Å²) in [6, 6.07) is 7.19. The van der Waals surface area contributed by atoms with Crippen LogP contribution in [0.2, 0.25) is 0 Å². The zero-order valence-electron chi connectivity index (χ0n) is 14.6. The molecule has 0 aromatic heterocycles. The second-order valence-corrected chi connectivity index (χ2v) is 6.79. The van der Waals surface area contributed by atoms with E-state index in [9.17, 15) is 14.4 Å².